The topological polar surface area (TPSA) is 58.6 Å². The number of benzene rings is 1. The first-order valence-electron chi connectivity index (χ1n) is 10.4. The Labute approximate surface area is 177 Å². The minimum Gasteiger partial charge on any atom is -0.367 e. The SMILES string of the molecule is Cc1cnc(N2CCN(C(=O)COCc3cccc4ncccc34)[C@@H](C)C2)c(C)c1. The Morgan fingerprint density at radius 2 is 2.03 bits per heavy atom. The van der Waals surface area contributed by atoms with Gasteiger partial charge in [0.1, 0.15) is 12.4 Å². The lowest BCUT2D eigenvalue weighted by Crippen LogP contribution is -2.55. The average Bonchev–Trinajstić information content (AvgIpc) is 2.74. The Kier molecular flexibility index (Phi) is 5.95. The van der Waals surface area contributed by atoms with E-state index in [2.05, 4.69) is 41.7 Å². The molecule has 6 nitrogen and oxygen atoms in total. The molecule has 0 bridgehead atoms. The van der Waals surface area contributed by atoms with E-state index in [0.29, 0.717) is 13.2 Å². The number of anilines is 1. The molecule has 156 valence electrons. The third kappa shape index (κ3) is 4.28. The number of hydrogen-bond acceptors (Lipinski definition) is 5. The van der Waals surface area contributed by atoms with Crippen LogP contribution in [-0.2, 0) is 16.1 Å². The molecule has 0 unspecified atom stereocenters. The zero-order valence-electron chi connectivity index (χ0n) is 17.8. The summed E-state index contributed by atoms with van der Waals surface area (Å²) in [4.78, 5) is 25.9. The number of nitrogens with zero attached hydrogens (tertiary/aromatic N) is 4. The molecule has 3 heterocycles. The Bertz CT molecular complexity index is 1050. The molecule has 0 aliphatic carbocycles. The molecular weight excluding hydrogens is 376 g/mol. The Hall–Kier alpha value is -2.99. The summed E-state index contributed by atoms with van der Waals surface area (Å²) in [5, 5.41) is 1.07. The van der Waals surface area contributed by atoms with Crippen LogP contribution in [-0.4, -0.2) is 53.1 Å². The highest BCUT2D eigenvalue weighted by atomic mass is 16.5. The minimum atomic E-state index is 0.0362. The average molecular weight is 405 g/mol. The predicted octanol–water partition coefficient (Wildman–Crippen LogP) is 3.50. The fourth-order valence-electron chi connectivity index (χ4n) is 4.18. The highest BCUT2D eigenvalue weighted by molar-refractivity contribution is 5.82. The van der Waals surface area contributed by atoms with Crippen LogP contribution in [0.3, 0.4) is 0 Å². The van der Waals surface area contributed by atoms with Gasteiger partial charge in [-0.2, -0.15) is 0 Å². The van der Waals surface area contributed by atoms with Crippen LogP contribution >= 0.6 is 0 Å². The largest absolute Gasteiger partial charge is 0.367 e. The monoisotopic (exact) mass is 404 g/mol. The summed E-state index contributed by atoms with van der Waals surface area (Å²) in [6.45, 7) is 8.95. The number of fused-ring (bicyclic) bond motifs is 1. The van der Waals surface area contributed by atoms with Crippen LogP contribution in [0.4, 0.5) is 5.82 Å². The van der Waals surface area contributed by atoms with Crippen LogP contribution in [0.2, 0.25) is 0 Å². The second-order valence-electron chi connectivity index (χ2n) is 8.02. The van der Waals surface area contributed by atoms with Gasteiger partial charge in [-0.25, -0.2) is 4.98 Å². The molecule has 0 N–H and O–H groups in total. The fraction of sp³-hybridized carbons (Fsp3) is 0.375. The van der Waals surface area contributed by atoms with Crippen molar-refractivity contribution in [3.8, 4) is 0 Å². The van der Waals surface area contributed by atoms with Gasteiger partial charge in [0.05, 0.1) is 12.1 Å². The smallest absolute Gasteiger partial charge is 0.248 e. The van der Waals surface area contributed by atoms with E-state index >= 15 is 0 Å². The molecule has 6 heteroatoms. The summed E-state index contributed by atoms with van der Waals surface area (Å²) in [5.74, 6) is 1.05. The van der Waals surface area contributed by atoms with Gasteiger partial charge in [-0.05, 0) is 49.6 Å². The van der Waals surface area contributed by atoms with Crippen LogP contribution in [0, 0.1) is 13.8 Å². The van der Waals surface area contributed by atoms with Gasteiger partial charge in [0.2, 0.25) is 5.91 Å². The number of carbonyl (C=O) groups is 1. The van der Waals surface area contributed by atoms with Crippen molar-refractivity contribution in [3.63, 3.8) is 0 Å². The van der Waals surface area contributed by atoms with Gasteiger partial charge in [0.25, 0.3) is 0 Å². The summed E-state index contributed by atoms with van der Waals surface area (Å²) in [7, 11) is 0. The number of pyridine rings is 2. The molecule has 0 spiro atoms. The van der Waals surface area contributed by atoms with E-state index in [-0.39, 0.29) is 18.6 Å². The van der Waals surface area contributed by atoms with E-state index in [0.717, 1.165) is 40.9 Å². The zero-order valence-corrected chi connectivity index (χ0v) is 17.8. The number of aryl methyl sites for hydroxylation is 2. The van der Waals surface area contributed by atoms with Gasteiger partial charge in [0, 0.05) is 43.5 Å². The maximum atomic E-state index is 12.8. The normalized spacial score (nSPS) is 16.8. The number of ether oxygens (including phenoxy) is 1. The van der Waals surface area contributed by atoms with E-state index in [9.17, 15) is 4.79 Å². The second-order valence-corrected chi connectivity index (χ2v) is 8.02. The Morgan fingerprint density at radius 1 is 1.17 bits per heavy atom. The lowest BCUT2D eigenvalue weighted by molar-refractivity contribution is -0.139. The molecule has 30 heavy (non-hydrogen) atoms. The van der Waals surface area contributed by atoms with Crippen LogP contribution < -0.4 is 4.90 Å². The standard InChI is InChI=1S/C24H28N4O2/c1-17-12-18(2)24(26-13-17)27-10-11-28(19(3)14-27)23(29)16-30-15-20-6-4-8-22-21(20)7-5-9-25-22/h4-9,12-13,19H,10-11,14-16H2,1-3H3/t19-/m0/s1. The van der Waals surface area contributed by atoms with Crippen LogP contribution in [0.25, 0.3) is 10.9 Å². The molecular formula is C24H28N4O2. The minimum absolute atomic E-state index is 0.0362. The molecule has 2 aromatic heterocycles. The molecule has 0 saturated carbocycles. The number of rotatable bonds is 5. The summed E-state index contributed by atoms with van der Waals surface area (Å²) in [5.41, 5.74) is 4.33. The first-order valence-corrected chi connectivity index (χ1v) is 10.4. The maximum Gasteiger partial charge on any atom is 0.248 e. The number of carbonyl (C=O) groups excluding carboxylic acids is 1. The zero-order chi connectivity index (χ0) is 21.1. The van der Waals surface area contributed by atoms with E-state index in [1.165, 1.54) is 5.56 Å². The van der Waals surface area contributed by atoms with Gasteiger partial charge >= 0.3 is 0 Å². The second kappa shape index (κ2) is 8.79. The van der Waals surface area contributed by atoms with E-state index in [4.69, 9.17) is 4.74 Å². The molecule has 0 radical (unpaired) electrons. The number of piperazine rings is 1. The summed E-state index contributed by atoms with van der Waals surface area (Å²) in [6.07, 6.45) is 3.69. The lowest BCUT2D eigenvalue weighted by Gasteiger charge is -2.40. The van der Waals surface area contributed by atoms with E-state index in [1.807, 2.05) is 41.4 Å². The van der Waals surface area contributed by atoms with Crippen molar-refractivity contribution < 1.29 is 9.53 Å². The Balaban J connectivity index is 1.33. The van der Waals surface area contributed by atoms with Gasteiger partial charge in [-0.1, -0.05) is 24.3 Å². The van der Waals surface area contributed by atoms with E-state index in [1.54, 1.807) is 6.20 Å². The highest BCUT2D eigenvalue weighted by Crippen LogP contribution is 2.22. The maximum absolute atomic E-state index is 12.8. The lowest BCUT2D eigenvalue weighted by atomic mass is 10.1. The van der Waals surface area contributed by atoms with Crippen LogP contribution in [0.15, 0.2) is 48.8 Å². The fourth-order valence-corrected chi connectivity index (χ4v) is 4.18. The number of amides is 1. The third-order valence-electron chi connectivity index (χ3n) is 5.65. The number of aromatic nitrogens is 2. The molecule has 1 aliphatic rings. The van der Waals surface area contributed by atoms with Gasteiger partial charge in [-0.15, -0.1) is 0 Å². The molecule has 1 aliphatic heterocycles. The first-order chi connectivity index (χ1) is 14.5. The molecule has 1 atom stereocenters. The van der Waals surface area contributed by atoms with Crippen LogP contribution in [0.1, 0.15) is 23.6 Å². The van der Waals surface area contributed by atoms with Crippen molar-refractivity contribution in [1.82, 2.24) is 14.9 Å². The van der Waals surface area contributed by atoms with Gasteiger partial charge in [-0.3, -0.25) is 9.78 Å². The van der Waals surface area contributed by atoms with Crippen molar-refractivity contribution in [3.05, 3.63) is 65.5 Å². The molecule has 1 fully saturated rings. The van der Waals surface area contributed by atoms with Crippen molar-refractivity contribution in [2.24, 2.45) is 0 Å². The molecule has 4 rings (SSSR count). The van der Waals surface area contributed by atoms with Gasteiger partial charge in [0.15, 0.2) is 0 Å². The highest BCUT2D eigenvalue weighted by Gasteiger charge is 2.28. The summed E-state index contributed by atoms with van der Waals surface area (Å²) >= 11 is 0. The molecule has 3 aromatic rings. The van der Waals surface area contributed by atoms with Crippen molar-refractivity contribution in [1.29, 1.82) is 0 Å². The van der Waals surface area contributed by atoms with Crippen molar-refractivity contribution >= 4 is 22.6 Å². The first kappa shape index (κ1) is 20.3. The summed E-state index contributed by atoms with van der Waals surface area (Å²) < 4.78 is 5.79. The molecule has 1 amide bonds. The van der Waals surface area contributed by atoms with E-state index < -0.39 is 0 Å². The predicted molar refractivity (Wildman–Crippen MR) is 118 cm³/mol. The van der Waals surface area contributed by atoms with Crippen LogP contribution in [0.5, 0.6) is 0 Å². The van der Waals surface area contributed by atoms with Crippen molar-refractivity contribution in [2.45, 2.75) is 33.4 Å². The molecule has 1 saturated heterocycles. The Morgan fingerprint density at radius 3 is 2.83 bits per heavy atom. The van der Waals surface area contributed by atoms with Crippen molar-refractivity contribution in [2.75, 3.05) is 31.1 Å². The molecule has 1 aromatic carbocycles. The number of hydrogen-bond donors (Lipinski definition) is 0. The summed E-state index contributed by atoms with van der Waals surface area (Å²) in [6, 6.07) is 12.2. The quantitative estimate of drug-likeness (QED) is 0.651. The third-order valence-corrected chi connectivity index (χ3v) is 5.65. The van der Waals surface area contributed by atoms with Gasteiger partial charge < -0.3 is 14.5 Å².